The molecular formula is C20H19N3O3S. The predicted octanol–water partition coefficient (Wildman–Crippen LogP) is 4.91. The van der Waals surface area contributed by atoms with E-state index < -0.39 is 4.92 Å². The van der Waals surface area contributed by atoms with Gasteiger partial charge in [-0.1, -0.05) is 49.4 Å². The van der Waals surface area contributed by atoms with Gasteiger partial charge in [-0.15, -0.1) is 0 Å². The van der Waals surface area contributed by atoms with Gasteiger partial charge in [-0.3, -0.25) is 19.8 Å². The van der Waals surface area contributed by atoms with Crippen molar-refractivity contribution in [1.82, 2.24) is 4.98 Å². The van der Waals surface area contributed by atoms with Crippen molar-refractivity contribution in [2.24, 2.45) is 5.92 Å². The number of thiazole rings is 1. The number of carbonyl (C=O) groups excluding carboxylic acids is 1. The molecule has 0 unspecified atom stereocenters. The van der Waals surface area contributed by atoms with Gasteiger partial charge < -0.3 is 0 Å². The first-order valence-electron chi connectivity index (χ1n) is 8.53. The highest BCUT2D eigenvalue weighted by Crippen LogP contribution is 2.29. The van der Waals surface area contributed by atoms with Crippen LogP contribution in [0.1, 0.15) is 19.4 Å². The van der Waals surface area contributed by atoms with Crippen LogP contribution in [0.4, 0.5) is 10.8 Å². The topological polar surface area (TPSA) is 76.3 Å². The number of para-hydroxylation sites is 1. The van der Waals surface area contributed by atoms with E-state index in [1.54, 1.807) is 23.1 Å². The van der Waals surface area contributed by atoms with E-state index in [9.17, 15) is 14.9 Å². The summed E-state index contributed by atoms with van der Waals surface area (Å²) in [5.41, 5.74) is 1.46. The summed E-state index contributed by atoms with van der Waals surface area (Å²) >= 11 is 1.47. The molecule has 138 valence electrons. The monoisotopic (exact) mass is 381 g/mol. The molecule has 0 saturated heterocycles. The minimum Gasteiger partial charge on any atom is -0.284 e. The maximum absolute atomic E-state index is 12.8. The first-order valence-corrected chi connectivity index (χ1v) is 9.35. The van der Waals surface area contributed by atoms with Crippen molar-refractivity contribution in [3.8, 4) is 0 Å². The second kappa shape index (κ2) is 8.09. The number of hydrogen-bond acceptors (Lipinski definition) is 5. The molecule has 7 heteroatoms. The number of anilines is 1. The molecule has 0 bridgehead atoms. The Morgan fingerprint density at radius 1 is 1.26 bits per heavy atom. The molecule has 0 radical (unpaired) electrons. The van der Waals surface area contributed by atoms with Crippen molar-refractivity contribution >= 4 is 44.4 Å². The van der Waals surface area contributed by atoms with Crippen molar-refractivity contribution in [1.29, 1.82) is 0 Å². The summed E-state index contributed by atoms with van der Waals surface area (Å²) in [6, 6.07) is 14.0. The van der Waals surface area contributed by atoms with Crippen molar-refractivity contribution in [3.05, 3.63) is 70.3 Å². The van der Waals surface area contributed by atoms with Crippen molar-refractivity contribution < 1.29 is 9.72 Å². The summed E-state index contributed by atoms with van der Waals surface area (Å²) in [6.45, 7) is 4.62. The molecule has 0 fully saturated rings. The summed E-state index contributed by atoms with van der Waals surface area (Å²) < 4.78 is 1.02. The first kappa shape index (κ1) is 18.7. The fourth-order valence-electron chi connectivity index (χ4n) is 2.60. The quantitative estimate of drug-likeness (QED) is 0.345. The van der Waals surface area contributed by atoms with Gasteiger partial charge in [-0.05, 0) is 29.7 Å². The minimum absolute atomic E-state index is 0.00481. The van der Waals surface area contributed by atoms with Crippen LogP contribution in [0.25, 0.3) is 16.3 Å². The number of fused-ring (bicyclic) bond motifs is 1. The van der Waals surface area contributed by atoms with Gasteiger partial charge in [0.25, 0.3) is 11.6 Å². The molecule has 6 nitrogen and oxygen atoms in total. The van der Waals surface area contributed by atoms with Gasteiger partial charge in [0.1, 0.15) is 0 Å². The van der Waals surface area contributed by atoms with Crippen LogP contribution in [-0.2, 0) is 4.79 Å². The van der Waals surface area contributed by atoms with E-state index in [0.29, 0.717) is 17.2 Å². The Bertz CT molecular complexity index is 977. The zero-order valence-electron chi connectivity index (χ0n) is 15.0. The second-order valence-electron chi connectivity index (χ2n) is 6.49. The van der Waals surface area contributed by atoms with Crippen LogP contribution in [0.2, 0.25) is 0 Å². The molecular weight excluding hydrogens is 362 g/mol. The lowest BCUT2D eigenvalue weighted by molar-refractivity contribution is -0.384. The maximum Gasteiger partial charge on any atom is 0.270 e. The molecule has 0 aliphatic heterocycles. The lowest BCUT2D eigenvalue weighted by atomic mass is 10.2. The average Bonchev–Trinajstić information content (AvgIpc) is 3.08. The molecule has 0 aliphatic carbocycles. The van der Waals surface area contributed by atoms with Gasteiger partial charge >= 0.3 is 0 Å². The smallest absolute Gasteiger partial charge is 0.270 e. The van der Waals surface area contributed by atoms with E-state index in [2.05, 4.69) is 4.98 Å². The van der Waals surface area contributed by atoms with E-state index >= 15 is 0 Å². The molecule has 0 spiro atoms. The van der Waals surface area contributed by atoms with E-state index in [0.717, 1.165) is 10.2 Å². The first-order chi connectivity index (χ1) is 12.9. The van der Waals surface area contributed by atoms with E-state index in [1.807, 2.05) is 38.1 Å². The van der Waals surface area contributed by atoms with Gasteiger partial charge in [0.15, 0.2) is 5.13 Å². The summed E-state index contributed by atoms with van der Waals surface area (Å²) in [4.78, 5) is 29.5. The highest BCUT2D eigenvalue weighted by Gasteiger charge is 2.19. The standard InChI is InChI=1S/C20H19N3O3S/c1-14(2)13-22(20-21-17-8-3-4-9-18(17)27-20)19(24)11-10-15-6-5-7-16(12-15)23(25)26/h3-12,14H,13H2,1-2H3/b11-10+. The van der Waals surface area contributed by atoms with Crippen molar-refractivity contribution in [2.75, 3.05) is 11.4 Å². The zero-order valence-corrected chi connectivity index (χ0v) is 15.8. The number of nitrogens with zero attached hydrogens (tertiary/aromatic N) is 3. The molecule has 1 aromatic heterocycles. The maximum atomic E-state index is 12.8. The fourth-order valence-corrected chi connectivity index (χ4v) is 3.58. The third-order valence-corrected chi connectivity index (χ3v) is 4.89. The van der Waals surface area contributed by atoms with Gasteiger partial charge in [0.2, 0.25) is 0 Å². The molecule has 3 rings (SSSR count). The zero-order chi connectivity index (χ0) is 19.4. The van der Waals surface area contributed by atoms with Crippen LogP contribution in [-0.4, -0.2) is 22.4 Å². The number of benzene rings is 2. The Morgan fingerprint density at radius 2 is 2.04 bits per heavy atom. The molecule has 1 amide bonds. The summed E-state index contributed by atoms with van der Waals surface area (Å²) in [5, 5.41) is 11.5. The van der Waals surface area contributed by atoms with Crippen LogP contribution in [0.5, 0.6) is 0 Å². The molecule has 0 aliphatic rings. The lowest BCUT2D eigenvalue weighted by Crippen LogP contribution is -2.32. The molecule has 0 N–H and O–H groups in total. The van der Waals surface area contributed by atoms with Gasteiger partial charge in [-0.2, -0.15) is 0 Å². The highest BCUT2D eigenvalue weighted by atomic mass is 32.1. The number of carbonyl (C=O) groups is 1. The van der Waals surface area contributed by atoms with Crippen LogP contribution >= 0.6 is 11.3 Å². The Balaban J connectivity index is 1.87. The number of amides is 1. The predicted molar refractivity (Wildman–Crippen MR) is 109 cm³/mol. The van der Waals surface area contributed by atoms with E-state index in [-0.39, 0.29) is 17.5 Å². The second-order valence-corrected chi connectivity index (χ2v) is 7.50. The lowest BCUT2D eigenvalue weighted by Gasteiger charge is -2.20. The minimum atomic E-state index is -0.453. The van der Waals surface area contributed by atoms with E-state index in [4.69, 9.17) is 0 Å². The van der Waals surface area contributed by atoms with Crippen molar-refractivity contribution in [3.63, 3.8) is 0 Å². The third kappa shape index (κ3) is 4.57. The highest BCUT2D eigenvalue weighted by molar-refractivity contribution is 7.22. The number of nitro benzene ring substituents is 1. The average molecular weight is 381 g/mol. The van der Waals surface area contributed by atoms with Gasteiger partial charge in [0, 0.05) is 24.8 Å². The Kier molecular flexibility index (Phi) is 5.61. The van der Waals surface area contributed by atoms with Gasteiger partial charge in [0.05, 0.1) is 15.1 Å². The Morgan fingerprint density at radius 3 is 2.74 bits per heavy atom. The molecule has 0 saturated carbocycles. The van der Waals surface area contributed by atoms with Gasteiger partial charge in [-0.25, -0.2) is 4.98 Å². The molecule has 0 atom stereocenters. The van der Waals surface area contributed by atoms with Crippen LogP contribution in [0.3, 0.4) is 0 Å². The van der Waals surface area contributed by atoms with Crippen LogP contribution < -0.4 is 4.90 Å². The fraction of sp³-hybridized carbons (Fsp3) is 0.200. The number of rotatable bonds is 6. The molecule has 2 aromatic carbocycles. The summed E-state index contributed by atoms with van der Waals surface area (Å²) in [6.07, 6.45) is 3.03. The largest absolute Gasteiger partial charge is 0.284 e. The normalized spacial score (nSPS) is 11.4. The number of nitro groups is 1. The molecule has 27 heavy (non-hydrogen) atoms. The molecule has 1 heterocycles. The van der Waals surface area contributed by atoms with E-state index in [1.165, 1.54) is 29.5 Å². The summed E-state index contributed by atoms with van der Waals surface area (Å²) in [5.74, 6) is 0.0708. The van der Waals surface area contributed by atoms with Crippen LogP contribution in [0.15, 0.2) is 54.6 Å². The van der Waals surface area contributed by atoms with Crippen LogP contribution in [0, 0.1) is 16.0 Å². The third-order valence-electron chi connectivity index (χ3n) is 3.83. The number of aromatic nitrogens is 1. The summed E-state index contributed by atoms with van der Waals surface area (Å²) in [7, 11) is 0. The Labute approximate surface area is 160 Å². The Hall–Kier alpha value is -3.06. The number of non-ortho nitro benzene ring substituents is 1. The number of hydrogen-bond donors (Lipinski definition) is 0. The van der Waals surface area contributed by atoms with Crippen molar-refractivity contribution in [2.45, 2.75) is 13.8 Å². The molecule has 3 aromatic rings. The SMILES string of the molecule is CC(C)CN(C(=O)/C=C/c1cccc([N+](=O)[O-])c1)c1nc2ccccc2s1.